The molecular formula is C21H24ClN3O3. The molecule has 1 aliphatic rings. The van der Waals surface area contributed by atoms with Crippen LogP contribution < -0.4 is 16.0 Å². The average molecular weight is 402 g/mol. The van der Waals surface area contributed by atoms with E-state index in [2.05, 4.69) is 16.0 Å². The number of urea groups is 1. The van der Waals surface area contributed by atoms with Crippen LogP contribution in [0.1, 0.15) is 42.1 Å². The Balaban J connectivity index is 1.50. The van der Waals surface area contributed by atoms with E-state index >= 15 is 0 Å². The number of carbonyl (C=O) groups is 2. The third kappa shape index (κ3) is 5.89. The summed E-state index contributed by atoms with van der Waals surface area (Å²) in [5.41, 5.74) is 1.95. The maximum absolute atomic E-state index is 12.2. The minimum atomic E-state index is -0.339. The van der Waals surface area contributed by atoms with Crippen molar-refractivity contribution in [1.82, 2.24) is 10.6 Å². The molecule has 7 heteroatoms. The first-order valence-electron chi connectivity index (χ1n) is 9.36. The molecule has 0 aromatic heterocycles. The smallest absolute Gasteiger partial charge is 0.319 e. The molecule has 3 amide bonds. The van der Waals surface area contributed by atoms with Gasteiger partial charge in [0.15, 0.2) is 0 Å². The summed E-state index contributed by atoms with van der Waals surface area (Å²) in [7, 11) is 0. The summed E-state index contributed by atoms with van der Waals surface area (Å²) in [4.78, 5) is 24.5. The van der Waals surface area contributed by atoms with Gasteiger partial charge in [0, 0.05) is 17.8 Å². The van der Waals surface area contributed by atoms with Gasteiger partial charge in [0.05, 0.1) is 10.6 Å². The van der Waals surface area contributed by atoms with Gasteiger partial charge in [0.2, 0.25) is 0 Å². The van der Waals surface area contributed by atoms with Gasteiger partial charge in [-0.1, -0.05) is 23.7 Å². The van der Waals surface area contributed by atoms with Crippen LogP contribution in [-0.4, -0.2) is 29.1 Å². The Kier molecular flexibility index (Phi) is 6.41. The summed E-state index contributed by atoms with van der Waals surface area (Å²) in [6, 6.07) is 11.7. The number of amides is 3. The summed E-state index contributed by atoms with van der Waals surface area (Å²) in [6.45, 7) is 1.93. The van der Waals surface area contributed by atoms with E-state index in [1.54, 1.807) is 30.3 Å². The van der Waals surface area contributed by atoms with Crippen molar-refractivity contribution in [3.8, 4) is 5.75 Å². The molecule has 1 saturated carbocycles. The molecule has 6 nitrogen and oxygen atoms in total. The van der Waals surface area contributed by atoms with Gasteiger partial charge < -0.3 is 21.1 Å². The number of halogens is 1. The number of phenolic OH excluding ortho intramolecular Hbond substituents is 1. The van der Waals surface area contributed by atoms with Crippen LogP contribution in [0.15, 0.2) is 42.5 Å². The van der Waals surface area contributed by atoms with Gasteiger partial charge in [-0.25, -0.2) is 4.79 Å². The highest BCUT2D eigenvalue weighted by atomic mass is 35.5. The fourth-order valence-electron chi connectivity index (χ4n) is 2.78. The van der Waals surface area contributed by atoms with Gasteiger partial charge in [-0.05, 0) is 68.5 Å². The molecule has 1 aliphatic carbocycles. The third-order valence-corrected chi connectivity index (χ3v) is 4.89. The first-order chi connectivity index (χ1) is 13.4. The Morgan fingerprint density at radius 2 is 1.89 bits per heavy atom. The van der Waals surface area contributed by atoms with Gasteiger partial charge in [0.1, 0.15) is 5.75 Å². The molecule has 28 heavy (non-hydrogen) atoms. The Hall–Kier alpha value is -2.73. The summed E-state index contributed by atoms with van der Waals surface area (Å²) < 4.78 is 0. The van der Waals surface area contributed by atoms with Crippen LogP contribution in [0.3, 0.4) is 0 Å². The summed E-state index contributed by atoms with van der Waals surface area (Å²) in [5, 5.41) is 18.2. The molecule has 2 aromatic carbocycles. The number of rotatable bonds is 7. The summed E-state index contributed by atoms with van der Waals surface area (Å²) >= 11 is 6.12. The normalized spacial score (nSPS) is 14.2. The Bertz CT molecular complexity index is 850. The highest BCUT2D eigenvalue weighted by molar-refractivity contribution is 6.34. The molecule has 1 unspecified atom stereocenters. The standard InChI is InChI=1S/C21H24ClN3O3/c1-13(2-3-14-4-9-17(26)10-5-14)23-21(28)25-16-8-11-19(22)18(12-16)20(27)24-15-6-7-15/h4-5,8-13,15,26H,2-3,6-7H2,1H3,(H,24,27)(H2,23,25,28). The van der Waals surface area contributed by atoms with Gasteiger partial charge in [-0.15, -0.1) is 0 Å². The highest BCUT2D eigenvalue weighted by Crippen LogP contribution is 2.24. The van der Waals surface area contributed by atoms with E-state index in [0.29, 0.717) is 16.3 Å². The number of benzene rings is 2. The van der Waals surface area contributed by atoms with Crippen LogP contribution in [0.5, 0.6) is 5.75 Å². The van der Waals surface area contributed by atoms with Crippen LogP contribution >= 0.6 is 11.6 Å². The van der Waals surface area contributed by atoms with E-state index in [9.17, 15) is 14.7 Å². The van der Waals surface area contributed by atoms with Crippen LogP contribution in [0, 0.1) is 0 Å². The zero-order valence-electron chi connectivity index (χ0n) is 15.7. The largest absolute Gasteiger partial charge is 0.508 e. The van der Waals surface area contributed by atoms with Crippen molar-refractivity contribution in [1.29, 1.82) is 0 Å². The van der Waals surface area contributed by atoms with Crippen molar-refractivity contribution >= 4 is 29.2 Å². The van der Waals surface area contributed by atoms with Crippen molar-refractivity contribution in [3.05, 3.63) is 58.6 Å². The first-order valence-corrected chi connectivity index (χ1v) is 9.74. The monoisotopic (exact) mass is 401 g/mol. The van der Waals surface area contributed by atoms with E-state index in [0.717, 1.165) is 31.2 Å². The number of nitrogens with one attached hydrogen (secondary N) is 3. The van der Waals surface area contributed by atoms with Crippen molar-refractivity contribution in [2.75, 3.05) is 5.32 Å². The quantitative estimate of drug-likeness (QED) is 0.563. The first kappa shape index (κ1) is 20.0. The number of hydrogen-bond acceptors (Lipinski definition) is 3. The van der Waals surface area contributed by atoms with Crippen LogP contribution in [0.4, 0.5) is 10.5 Å². The molecule has 3 rings (SSSR count). The van der Waals surface area contributed by atoms with Gasteiger partial charge in [-0.2, -0.15) is 0 Å². The van der Waals surface area contributed by atoms with Gasteiger partial charge in [-0.3, -0.25) is 4.79 Å². The fourth-order valence-corrected chi connectivity index (χ4v) is 2.98. The minimum Gasteiger partial charge on any atom is -0.508 e. The second-order valence-corrected chi connectivity index (χ2v) is 7.55. The van der Waals surface area contributed by atoms with Crippen LogP contribution in [-0.2, 0) is 6.42 Å². The highest BCUT2D eigenvalue weighted by Gasteiger charge is 2.25. The number of anilines is 1. The lowest BCUT2D eigenvalue weighted by Crippen LogP contribution is -2.36. The fraction of sp³-hybridized carbons (Fsp3) is 0.333. The van der Waals surface area contributed by atoms with Crippen LogP contribution in [0.2, 0.25) is 5.02 Å². The maximum Gasteiger partial charge on any atom is 0.319 e. The molecule has 0 spiro atoms. The molecule has 4 N–H and O–H groups in total. The van der Waals surface area contributed by atoms with E-state index in [1.807, 2.05) is 19.1 Å². The van der Waals surface area contributed by atoms with Crippen molar-refractivity contribution < 1.29 is 14.7 Å². The number of aryl methyl sites for hydroxylation is 1. The predicted octanol–water partition coefficient (Wildman–Crippen LogP) is 4.08. The average Bonchev–Trinajstić information content (AvgIpc) is 3.46. The van der Waals surface area contributed by atoms with Crippen molar-refractivity contribution in [3.63, 3.8) is 0 Å². The molecular weight excluding hydrogens is 378 g/mol. The molecule has 1 fully saturated rings. The van der Waals surface area contributed by atoms with Gasteiger partial charge >= 0.3 is 6.03 Å². The van der Waals surface area contributed by atoms with Crippen molar-refractivity contribution in [2.45, 2.75) is 44.7 Å². The third-order valence-electron chi connectivity index (χ3n) is 4.56. The lowest BCUT2D eigenvalue weighted by atomic mass is 10.1. The summed E-state index contributed by atoms with van der Waals surface area (Å²) in [6.07, 6.45) is 3.53. The van der Waals surface area contributed by atoms with E-state index in [-0.39, 0.29) is 29.8 Å². The second kappa shape index (κ2) is 8.97. The molecule has 1 atom stereocenters. The lowest BCUT2D eigenvalue weighted by molar-refractivity contribution is 0.0951. The number of hydrogen-bond donors (Lipinski definition) is 4. The Morgan fingerprint density at radius 3 is 2.57 bits per heavy atom. The van der Waals surface area contributed by atoms with Crippen molar-refractivity contribution in [2.24, 2.45) is 0 Å². The number of aromatic hydroxyl groups is 1. The second-order valence-electron chi connectivity index (χ2n) is 7.15. The van der Waals surface area contributed by atoms with Gasteiger partial charge in [0.25, 0.3) is 5.91 Å². The molecule has 0 saturated heterocycles. The topological polar surface area (TPSA) is 90.5 Å². The maximum atomic E-state index is 12.2. The number of carbonyl (C=O) groups excluding carboxylic acids is 2. The molecule has 0 heterocycles. The van der Waals surface area contributed by atoms with E-state index in [1.165, 1.54) is 0 Å². The molecule has 0 bridgehead atoms. The zero-order valence-corrected chi connectivity index (χ0v) is 16.4. The van der Waals surface area contributed by atoms with E-state index < -0.39 is 0 Å². The summed E-state index contributed by atoms with van der Waals surface area (Å²) in [5.74, 6) is 0.0151. The minimum absolute atomic E-state index is 0.0428. The lowest BCUT2D eigenvalue weighted by Gasteiger charge is -2.15. The SMILES string of the molecule is CC(CCc1ccc(O)cc1)NC(=O)Nc1ccc(Cl)c(C(=O)NC2CC2)c1. The van der Waals surface area contributed by atoms with E-state index in [4.69, 9.17) is 11.6 Å². The zero-order chi connectivity index (χ0) is 20.1. The molecule has 0 aliphatic heterocycles. The molecule has 0 radical (unpaired) electrons. The van der Waals surface area contributed by atoms with Crippen LogP contribution in [0.25, 0.3) is 0 Å². The Morgan fingerprint density at radius 1 is 1.18 bits per heavy atom. The molecule has 148 valence electrons. The number of phenols is 1. The Labute approximate surface area is 169 Å². The predicted molar refractivity (Wildman–Crippen MR) is 110 cm³/mol. The molecule has 2 aromatic rings.